The van der Waals surface area contributed by atoms with Gasteiger partial charge in [0.05, 0.1) is 6.61 Å². The molecule has 0 N–H and O–H groups in total. The fourth-order valence-electron chi connectivity index (χ4n) is 1.97. The van der Waals surface area contributed by atoms with E-state index in [1.807, 2.05) is 6.92 Å². The average molecular weight is 400 g/mol. The van der Waals surface area contributed by atoms with Crippen LogP contribution in [0.25, 0.3) is 0 Å². The van der Waals surface area contributed by atoms with E-state index >= 15 is 0 Å². The summed E-state index contributed by atoms with van der Waals surface area (Å²) >= 11 is 0.945. The van der Waals surface area contributed by atoms with Crippen LogP contribution >= 0.6 is 11.8 Å². The monoisotopic (exact) mass is 400 g/mol. The molecule has 2 nitrogen and oxygen atoms in total. The Bertz CT molecular complexity index is 400. The van der Waals surface area contributed by atoms with Gasteiger partial charge in [0.25, 0.3) is 0 Å². The zero-order valence-electron chi connectivity index (χ0n) is 14.1. The molecule has 0 radical (unpaired) electrons. The molecule has 0 amide bonds. The first kappa shape index (κ1) is 24.3. The van der Waals surface area contributed by atoms with Gasteiger partial charge in [0.15, 0.2) is 0 Å². The average Bonchev–Trinajstić information content (AvgIpc) is 2.48. The Morgan fingerprint density at radius 3 is 2.08 bits per heavy atom. The van der Waals surface area contributed by atoms with Crippen molar-refractivity contribution in [2.45, 2.75) is 75.6 Å². The Labute approximate surface area is 146 Å². The van der Waals surface area contributed by atoms with Crippen LogP contribution < -0.4 is 0 Å². The molecule has 0 aromatic rings. The maximum Gasteiger partial charge on any atom is 0.459 e. The molecule has 0 saturated carbocycles. The molecular formula is C15H23F7O2S. The van der Waals surface area contributed by atoms with Gasteiger partial charge in [-0.15, -0.1) is 11.8 Å². The van der Waals surface area contributed by atoms with Crippen LogP contribution in [-0.2, 0) is 9.53 Å². The number of esters is 1. The summed E-state index contributed by atoms with van der Waals surface area (Å²) in [6, 6.07) is 0. The summed E-state index contributed by atoms with van der Waals surface area (Å²) in [6.45, 7) is 3.69. The summed E-state index contributed by atoms with van der Waals surface area (Å²) < 4.78 is 92.9. The van der Waals surface area contributed by atoms with Crippen LogP contribution in [-0.4, -0.2) is 41.6 Å². The van der Waals surface area contributed by atoms with Gasteiger partial charge in [-0.25, -0.2) is 0 Å². The van der Waals surface area contributed by atoms with Crippen molar-refractivity contribution in [1.29, 1.82) is 0 Å². The summed E-state index contributed by atoms with van der Waals surface area (Å²) in [5.41, 5.74) is 0. The third kappa shape index (κ3) is 7.62. The lowest BCUT2D eigenvalue weighted by molar-refractivity contribution is -0.355. The van der Waals surface area contributed by atoms with Crippen molar-refractivity contribution < 1.29 is 40.3 Å². The van der Waals surface area contributed by atoms with Crippen molar-refractivity contribution in [3.63, 3.8) is 0 Å². The zero-order valence-corrected chi connectivity index (χ0v) is 14.9. The van der Waals surface area contributed by atoms with E-state index in [4.69, 9.17) is 4.74 Å². The number of rotatable bonds is 12. The van der Waals surface area contributed by atoms with Crippen LogP contribution in [0.15, 0.2) is 0 Å². The van der Waals surface area contributed by atoms with Gasteiger partial charge in [-0.05, 0) is 25.5 Å². The topological polar surface area (TPSA) is 26.3 Å². The standard InChI is InChI=1S/C15H23F7O2S/c1-3-5-6-8-11(12(23)24-4-2)25-10-7-9-13(16,17)14(18,19)15(20,21)22/h11H,3-10H2,1-2H3. The molecule has 0 fully saturated rings. The highest BCUT2D eigenvalue weighted by Gasteiger charge is 2.72. The highest BCUT2D eigenvalue weighted by Crippen LogP contribution is 2.48. The van der Waals surface area contributed by atoms with Crippen LogP contribution in [0, 0.1) is 0 Å². The quantitative estimate of drug-likeness (QED) is 0.234. The molecule has 0 saturated heterocycles. The van der Waals surface area contributed by atoms with E-state index in [0.29, 0.717) is 12.8 Å². The van der Waals surface area contributed by atoms with Crippen molar-refractivity contribution in [2.24, 2.45) is 0 Å². The Balaban J connectivity index is 4.54. The number of unbranched alkanes of at least 4 members (excludes halogenated alkanes) is 2. The predicted octanol–water partition coefficient (Wildman–Crippen LogP) is 5.84. The van der Waals surface area contributed by atoms with Gasteiger partial charge >= 0.3 is 24.0 Å². The normalized spacial score (nSPS) is 14.4. The lowest BCUT2D eigenvalue weighted by atomic mass is 10.1. The highest BCUT2D eigenvalue weighted by atomic mass is 32.2. The smallest absolute Gasteiger partial charge is 0.459 e. The molecule has 0 aromatic carbocycles. The van der Waals surface area contributed by atoms with Crippen LogP contribution in [0.1, 0.15) is 52.4 Å². The van der Waals surface area contributed by atoms with Crippen LogP contribution in [0.4, 0.5) is 30.7 Å². The Morgan fingerprint density at radius 2 is 1.60 bits per heavy atom. The van der Waals surface area contributed by atoms with Crippen molar-refractivity contribution in [2.75, 3.05) is 12.4 Å². The van der Waals surface area contributed by atoms with Gasteiger partial charge in [0, 0.05) is 6.42 Å². The number of halogens is 7. The second kappa shape index (κ2) is 10.5. The molecule has 0 bridgehead atoms. The van der Waals surface area contributed by atoms with E-state index < -0.39 is 42.1 Å². The van der Waals surface area contributed by atoms with Crippen LogP contribution in [0.5, 0.6) is 0 Å². The van der Waals surface area contributed by atoms with E-state index in [9.17, 15) is 35.5 Å². The molecule has 0 heterocycles. The van der Waals surface area contributed by atoms with Crippen LogP contribution in [0.2, 0.25) is 0 Å². The molecule has 0 spiro atoms. The number of hydrogen-bond donors (Lipinski definition) is 0. The molecule has 0 aliphatic rings. The summed E-state index contributed by atoms with van der Waals surface area (Å²) in [7, 11) is 0. The minimum Gasteiger partial charge on any atom is -0.465 e. The second-order valence-electron chi connectivity index (χ2n) is 5.49. The maximum atomic E-state index is 13.2. The SMILES string of the molecule is CCCCCC(SCCCC(F)(F)C(F)(F)C(F)(F)F)C(=O)OCC. The van der Waals surface area contributed by atoms with E-state index in [1.54, 1.807) is 6.92 Å². The van der Waals surface area contributed by atoms with Crippen molar-refractivity contribution >= 4 is 17.7 Å². The molecule has 0 rings (SSSR count). The highest BCUT2D eigenvalue weighted by molar-refractivity contribution is 8.00. The number of thioether (sulfide) groups is 1. The summed E-state index contributed by atoms with van der Waals surface area (Å²) in [5.74, 6) is -11.9. The lowest BCUT2D eigenvalue weighted by Crippen LogP contribution is -2.51. The van der Waals surface area contributed by atoms with E-state index in [1.165, 1.54) is 0 Å². The molecule has 0 aromatic heterocycles. The molecule has 10 heteroatoms. The maximum absolute atomic E-state index is 13.2. The second-order valence-corrected chi connectivity index (χ2v) is 6.80. The predicted molar refractivity (Wildman–Crippen MR) is 82.2 cm³/mol. The van der Waals surface area contributed by atoms with Gasteiger partial charge in [-0.2, -0.15) is 30.7 Å². The Morgan fingerprint density at radius 1 is 1.00 bits per heavy atom. The Hall–Kier alpha value is -0.670. The fourth-order valence-corrected chi connectivity index (χ4v) is 3.10. The molecule has 1 unspecified atom stereocenters. The minimum absolute atomic E-state index is 0.138. The van der Waals surface area contributed by atoms with Gasteiger partial charge < -0.3 is 4.74 Å². The van der Waals surface area contributed by atoms with Crippen molar-refractivity contribution in [3.05, 3.63) is 0 Å². The number of alkyl halides is 7. The first-order valence-electron chi connectivity index (χ1n) is 8.01. The number of hydrogen-bond acceptors (Lipinski definition) is 3. The summed E-state index contributed by atoms with van der Waals surface area (Å²) in [5, 5.41) is -0.636. The summed E-state index contributed by atoms with van der Waals surface area (Å²) in [6.07, 6.45) is -5.60. The fraction of sp³-hybridized carbons (Fsp3) is 0.933. The number of ether oxygens (including phenoxy) is 1. The molecule has 0 aliphatic carbocycles. The van der Waals surface area contributed by atoms with Crippen molar-refractivity contribution in [1.82, 2.24) is 0 Å². The van der Waals surface area contributed by atoms with Gasteiger partial charge in [-0.3, -0.25) is 4.79 Å². The van der Waals surface area contributed by atoms with Gasteiger partial charge in [0.2, 0.25) is 0 Å². The zero-order chi connectivity index (χ0) is 19.7. The van der Waals surface area contributed by atoms with Gasteiger partial charge in [0.1, 0.15) is 5.25 Å². The summed E-state index contributed by atoms with van der Waals surface area (Å²) in [4.78, 5) is 11.8. The number of carbonyl (C=O) groups is 1. The molecular weight excluding hydrogens is 377 g/mol. The lowest BCUT2D eigenvalue weighted by Gasteiger charge is -2.28. The molecule has 1 atom stereocenters. The van der Waals surface area contributed by atoms with Crippen LogP contribution in [0.3, 0.4) is 0 Å². The molecule has 0 aliphatic heterocycles. The first-order chi connectivity index (χ1) is 11.4. The Kier molecular flexibility index (Phi) is 10.2. The van der Waals surface area contributed by atoms with Gasteiger partial charge in [-0.1, -0.05) is 26.2 Å². The molecule has 150 valence electrons. The third-order valence-electron chi connectivity index (χ3n) is 3.39. The number of carbonyl (C=O) groups excluding carboxylic acids is 1. The van der Waals surface area contributed by atoms with E-state index in [0.717, 1.165) is 24.6 Å². The van der Waals surface area contributed by atoms with E-state index in [-0.39, 0.29) is 12.4 Å². The third-order valence-corrected chi connectivity index (χ3v) is 4.74. The first-order valence-corrected chi connectivity index (χ1v) is 9.06. The largest absolute Gasteiger partial charge is 0.465 e. The van der Waals surface area contributed by atoms with Crippen molar-refractivity contribution in [3.8, 4) is 0 Å². The van der Waals surface area contributed by atoms with E-state index in [2.05, 4.69) is 0 Å². The molecule has 25 heavy (non-hydrogen) atoms. The minimum atomic E-state index is -6.31.